The van der Waals surface area contributed by atoms with Crippen LogP contribution in [0.5, 0.6) is 17.2 Å². The first-order valence-corrected chi connectivity index (χ1v) is 11.3. The molecule has 0 bridgehead atoms. The molecule has 7 heteroatoms. The van der Waals surface area contributed by atoms with Crippen molar-refractivity contribution in [2.24, 2.45) is 11.8 Å². The third kappa shape index (κ3) is 5.88. The van der Waals surface area contributed by atoms with Crippen LogP contribution in [0.2, 0.25) is 0 Å². The first kappa shape index (κ1) is 22.8. The minimum Gasteiger partial charge on any atom is -0.497 e. The molecule has 1 aliphatic carbocycles. The number of benzene rings is 2. The van der Waals surface area contributed by atoms with Crippen LogP contribution < -0.4 is 14.2 Å². The summed E-state index contributed by atoms with van der Waals surface area (Å²) in [5, 5.41) is 0. The van der Waals surface area contributed by atoms with Crippen LogP contribution in [0.15, 0.2) is 48.5 Å². The zero-order valence-electron chi connectivity index (χ0n) is 18.3. The Balaban J connectivity index is 1.36. The van der Waals surface area contributed by atoms with Gasteiger partial charge in [-0.15, -0.1) is 13.2 Å². The van der Waals surface area contributed by atoms with Gasteiger partial charge in [0.05, 0.1) is 13.7 Å². The van der Waals surface area contributed by atoms with Gasteiger partial charge in [-0.3, -0.25) is 4.90 Å². The van der Waals surface area contributed by atoms with Gasteiger partial charge in [0, 0.05) is 18.5 Å². The van der Waals surface area contributed by atoms with Gasteiger partial charge in [-0.1, -0.05) is 18.6 Å². The van der Waals surface area contributed by atoms with E-state index < -0.39 is 6.36 Å². The predicted octanol–water partition coefficient (Wildman–Crippen LogP) is 6.23. The van der Waals surface area contributed by atoms with E-state index in [2.05, 4.69) is 21.8 Å². The average molecular weight is 450 g/mol. The van der Waals surface area contributed by atoms with Gasteiger partial charge in [0.1, 0.15) is 17.2 Å². The molecule has 32 heavy (non-hydrogen) atoms. The van der Waals surface area contributed by atoms with E-state index in [-0.39, 0.29) is 5.75 Å². The van der Waals surface area contributed by atoms with Crippen molar-refractivity contribution in [3.05, 3.63) is 54.1 Å². The van der Waals surface area contributed by atoms with Gasteiger partial charge in [-0.05, 0) is 80.1 Å². The summed E-state index contributed by atoms with van der Waals surface area (Å²) in [6.45, 7) is 2.59. The molecular formula is C25H30F3NO3. The highest BCUT2D eigenvalue weighted by Crippen LogP contribution is 2.43. The molecule has 174 valence electrons. The predicted molar refractivity (Wildman–Crippen MR) is 116 cm³/mol. The van der Waals surface area contributed by atoms with E-state index in [9.17, 15) is 13.2 Å². The van der Waals surface area contributed by atoms with Crippen LogP contribution in [0, 0.1) is 11.8 Å². The van der Waals surface area contributed by atoms with E-state index >= 15 is 0 Å². The molecule has 2 aliphatic rings. The molecule has 1 aliphatic heterocycles. The highest BCUT2D eigenvalue weighted by Gasteiger charge is 2.35. The highest BCUT2D eigenvalue weighted by molar-refractivity contribution is 5.32. The second-order valence-corrected chi connectivity index (χ2v) is 8.74. The number of hydrogen-bond donors (Lipinski definition) is 0. The van der Waals surface area contributed by atoms with Crippen LogP contribution in [0.4, 0.5) is 13.2 Å². The monoisotopic (exact) mass is 449 g/mol. The molecule has 1 saturated carbocycles. The Morgan fingerprint density at radius 2 is 1.56 bits per heavy atom. The Bertz CT molecular complexity index is 850. The van der Waals surface area contributed by atoms with Gasteiger partial charge >= 0.3 is 6.36 Å². The quantitative estimate of drug-likeness (QED) is 0.478. The Morgan fingerprint density at radius 3 is 2.16 bits per heavy atom. The van der Waals surface area contributed by atoms with Gasteiger partial charge in [0.25, 0.3) is 0 Å². The van der Waals surface area contributed by atoms with E-state index in [0.717, 1.165) is 31.7 Å². The minimum absolute atomic E-state index is 0.239. The SMILES string of the molecule is COc1ccc(C(C2CCC2)N2CCCC(COc3ccc(OC(F)(F)F)cc3)C2)cc1. The maximum atomic E-state index is 12.3. The molecule has 2 atom stereocenters. The van der Waals surface area contributed by atoms with Crippen LogP contribution in [0.25, 0.3) is 0 Å². The van der Waals surface area contributed by atoms with Crippen LogP contribution >= 0.6 is 0 Å². The average Bonchev–Trinajstić information content (AvgIpc) is 2.75. The number of methoxy groups -OCH3 is 1. The normalized spacial score (nSPS) is 20.9. The number of piperidine rings is 1. The highest BCUT2D eigenvalue weighted by atomic mass is 19.4. The summed E-state index contributed by atoms with van der Waals surface area (Å²) >= 11 is 0. The molecular weight excluding hydrogens is 419 g/mol. The Labute approximate surface area is 187 Å². The fourth-order valence-corrected chi connectivity index (χ4v) is 4.78. The number of rotatable bonds is 8. The number of halogens is 3. The third-order valence-corrected chi connectivity index (χ3v) is 6.54. The molecule has 2 unspecified atom stereocenters. The summed E-state index contributed by atoms with van der Waals surface area (Å²) in [6.07, 6.45) is 1.35. The van der Waals surface area contributed by atoms with Gasteiger partial charge in [0.15, 0.2) is 0 Å². The Morgan fingerprint density at radius 1 is 0.906 bits per heavy atom. The van der Waals surface area contributed by atoms with Crippen molar-refractivity contribution in [1.29, 1.82) is 0 Å². The Hall–Kier alpha value is -2.41. The van der Waals surface area contributed by atoms with Crippen molar-refractivity contribution in [3.63, 3.8) is 0 Å². The van der Waals surface area contributed by atoms with Crippen LogP contribution in [-0.2, 0) is 0 Å². The van der Waals surface area contributed by atoms with Crippen molar-refractivity contribution in [2.45, 2.75) is 44.5 Å². The number of ether oxygens (including phenoxy) is 3. The molecule has 4 nitrogen and oxygen atoms in total. The maximum Gasteiger partial charge on any atom is 0.573 e. The van der Waals surface area contributed by atoms with E-state index in [4.69, 9.17) is 9.47 Å². The molecule has 2 aromatic carbocycles. The second kappa shape index (κ2) is 10.0. The Kier molecular flexibility index (Phi) is 7.13. The lowest BCUT2D eigenvalue weighted by Crippen LogP contribution is -2.43. The van der Waals surface area contributed by atoms with Crippen molar-refractivity contribution >= 4 is 0 Å². The first-order chi connectivity index (χ1) is 15.4. The maximum absolute atomic E-state index is 12.3. The molecule has 0 spiro atoms. The third-order valence-electron chi connectivity index (χ3n) is 6.54. The summed E-state index contributed by atoms with van der Waals surface area (Å²) < 4.78 is 52.1. The number of likely N-dealkylation sites (tertiary alicyclic amines) is 1. The molecule has 1 saturated heterocycles. The van der Waals surface area contributed by atoms with Crippen LogP contribution in [0.1, 0.15) is 43.7 Å². The molecule has 0 radical (unpaired) electrons. The van der Waals surface area contributed by atoms with Crippen molar-refractivity contribution in [3.8, 4) is 17.2 Å². The van der Waals surface area contributed by atoms with E-state index in [1.54, 1.807) is 7.11 Å². The van der Waals surface area contributed by atoms with E-state index in [0.29, 0.717) is 30.2 Å². The van der Waals surface area contributed by atoms with Crippen molar-refractivity contribution in [2.75, 3.05) is 26.8 Å². The number of nitrogens with zero attached hydrogens (tertiary/aromatic N) is 1. The lowest BCUT2D eigenvalue weighted by molar-refractivity contribution is -0.274. The zero-order chi connectivity index (χ0) is 22.6. The molecule has 0 N–H and O–H groups in total. The summed E-state index contributed by atoms with van der Waals surface area (Å²) in [4.78, 5) is 2.60. The summed E-state index contributed by atoms with van der Waals surface area (Å²) in [7, 11) is 1.69. The molecule has 2 aromatic rings. The van der Waals surface area contributed by atoms with Gasteiger partial charge in [-0.25, -0.2) is 0 Å². The lowest BCUT2D eigenvalue weighted by atomic mass is 9.75. The second-order valence-electron chi connectivity index (χ2n) is 8.74. The largest absolute Gasteiger partial charge is 0.573 e. The van der Waals surface area contributed by atoms with Crippen LogP contribution in [0.3, 0.4) is 0 Å². The molecule has 4 rings (SSSR count). The standard InChI is InChI=1S/C25H30F3NO3/c1-30-21-9-7-20(8-10-21)24(19-5-2-6-19)29-15-3-4-18(16-29)17-31-22-11-13-23(14-12-22)32-25(26,27)28/h7-14,18-19,24H,2-6,15-17H2,1H3. The van der Waals surface area contributed by atoms with Gasteiger partial charge < -0.3 is 14.2 Å². The molecule has 1 heterocycles. The first-order valence-electron chi connectivity index (χ1n) is 11.3. The fraction of sp³-hybridized carbons (Fsp3) is 0.520. The summed E-state index contributed by atoms with van der Waals surface area (Å²) in [5.41, 5.74) is 1.34. The van der Waals surface area contributed by atoms with Gasteiger partial charge in [0.2, 0.25) is 0 Å². The van der Waals surface area contributed by atoms with E-state index in [1.807, 2.05) is 12.1 Å². The molecule has 0 amide bonds. The van der Waals surface area contributed by atoms with Crippen molar-refractivity contribution in [1.82, 2.24) is 4.90 Å². The number of hydrogen-bond acceptors (Lipinski definition) is 4. The van der Waals surface area contributed by atoms with Gasteiger partial charge in [-0.2, -0.15) is 0 Å². The van der Waals surface area contributed by atoms with E-state index in [1.165, 1.54) is 49.1 Å². The van der Waals surface area contributed by atoms with Crippen molar-refractivity contribution < 1.29 is 27.4 Å². The summed E-state index contributed by atoms with van der Waals surface area (Å²) in [6, 6.07) is 14.5. The number of alkyl halides is 3. The fourth-order valence-electron chi connectivity index (χ4n) is 4.78. The molecule has 2 fully saturated rings. The minimum atomic E-state index is -4.69. The topological polar surface area (TPSA) is 30.9 Å². The zero-order valence-corrected chi connectivity index (χ0v) is 18.3. The summed E-state index contributed by atoms with van der Waals surface area (Å²) in [5.74, 6) is 2.26. The molecule has 0 aromatic heterocycles. The van der Waals surface area contributed by atoms with Crippen LogP contribution in [-0.4, -0.2) is 38.1 Å². The lowest BCUT2D eigenvalue weighted by Gasteiger charge is -2.45. The smallest absolute Gasteiger partial charge is 0.497 e.